The number of benzene rings is 1. The van der Waals surface area contributed by atoms with Crippen LogP contribution in [0.1, 0.15) is 39.5 Å². The molecule has 1 fully saturated rings. The van der Waals surface area contributed by atoms with Gasteiger partial charge in [-0.2, -0.15) is 4.31 Å². The van der Waals surface area contributed by atoms with Crippen molar-refractivity contribution >= 4 is 21.6 Å². The number of nitrogens with zero attached hydrogens (tertiary/aromatic N) is 1. The Kier molecular flexibility index (Phi) is 4.33. The maximum atomic E-state index is 13.0. The fourth-order valence-electron chi connectivity index (χ4n) is 3.18. The lowest BCUT2D eigenvalue weighted by atomic mass is 10.0. The summed E-state index contributed by atoms with van der Waals surface area (Å²) in [6, 6.07) is 4.72. The molecule has 2 aliphatic heterocycles. The quantitative estimate of drug-likeness (QED) is 0.918. The zero-order chi connectivity index (χ0) is 16.6. The standard InChI is InChI=1S/C16H22N2O4S/c1-3-12-6-4-5-9-18(12)23(20,21)13-7-8-15-14(10-13)17-16(19)11(2)22-15/h7-8,10-12H,3-6,9H2,1-2H3,(H,17,19). The van der Waals surface area contributed by atoms with Crippen molar-refractivity contribution in [1.82, 2.24) is 4.31 Å². The second-order valence-electron chi connectivity index (χ2n) is 6.08. The first-order valence-corrected chi connectivity index (χ1v) is 9.51. The third-order valence-electron chi connectivity index (χ3n) is 4.53. The van der Waals surface area contributed by atoms with Crippen LogP contribution in [-0.2, 0) is 14.8 Å². The van der Waals surface area contributed by atoms with Gasteiger partial charge in [0, 0.05) is 12.6 Å². The van der Waals surface area contributed by atoms with Gasteiger partial charge in [0.15, 0.2) is 6.10 Å². The van der Waals surface area contributed by atoms with Crippen LogP contribution < -0.4 is 10.1 Å². The highest BCUT2D eigenvalue weighted by molar-refractivity contribution is 7.89. The summed E-state index contributed by atoms with van der Waals surface area (Å²) in [4.78, 5) is 11.9. The minimum Gasteiger partial charge on any atom is -0.479 e. The second-order valence-corrected chi connectivity index (χ2v) is 7.97. The molecule has 2 heterocycles. The van der Waals surface area contributed by atoms with Crippen molar-refractivity contribution in [2.75, 3.05) is 11.9 Å². The van der Waals surface area contributed by atoms with Gasteiger partial charge in [-0.05, 0) is 44.4 Å². The predicted octanol–water partition coefficient (Wildman–Crippen LogP) is 2.36. The summed E-state index contributed by atoms with van der Waals surface area (Å²) in [6.07, 6.45) is 3.09. The monoisotopic (exact) mass is 338 g/mol. The molecule has 3 rings (SSSR count). The Hall–Kier alpha value is -1.60. The smallest absolute Gasteiger partial charge is 0.265 e. The molecule has 1 aromatic rings. The Balaban J connectivity index is 1.94. The Bertz CT molecular complexity index is 717. The van der Waals surface area contributed by atoms with Gasteiger partial charge in [0.25, 0.3) is 5.91 Å². The van der Waals surface area contributed by atoms with Crippen molar-refractivity contribution in [3.05, 3.63) is 18.2 Å². The number of fused-ring (bicyclic) bond motifs is 1. The highest BCUT2D eigenvalue weighted by Gasteiger charge is 2.33. The van der Waals surface area contributed by atoms with E-state index >= 15 is 0 Å². The Morgan fingerprint density at radius 2 is 2.13 bits per heavy atom. The fourth-order valence-corrected chi connectivity index (χ4v) is 4.98. The Morgan fingerprint density at radius 3 is 2.87 bits per heavy atom. The van der Waals surface area contributed by atoms with Crippen molar-refractivity contribution in [3.63, 3.8) is 0 Å². The molecule has 1 saturated heterocycles. The molecular formula is C16H22N2O4S. The SMILES string of the molecule is CCC1CCCCN1S(=O)(=O)c1ccc2c(c1)NC(=O)C(C)O2. The zero-order valence-corrected chi connectivity index (χ0v) is 14.2. The molecule has 0 spiro atoms. The number of ether oxygens (including phenoxy) is 1. The van der Waals surface area contributed by atoms with E-state index < -0.39 is 16.1 Å². The van der Waals surface area contributed by atoms with Crippen LogP contribution in [0.2, 0.25) is 0 Å². The zero-order valence-electron chi connectivity index (χ0n) is 13.4. The van der Waals surface area contributed by atoms with Gasteiger partial charge in [-0.25, -0.2) is 8.42 Å². The Labute approximate surface area is 136 Å². The number of piperidine rings is 1. The summed E-state index contributed by atoms with van der Waals surface area (Å²) < 4.78 is 33.0. The summed E-state index contributed by atoms with van der Waals surface area (Å²) in [7, 11) is -3.56. The molecule has 1 N–H and O–H groups in total. The van der Waals surface area contributed by atoms with Crippen LogP contribution in [0.15, 0.2) is 23.1 Å². The molecule has 6 nitrogen and oxygen atoms in total. The van der Waals surface area contributed by atoms with Gasteiger partial charge in [0.05, 0.1) is 10.6 Å². The number of nitrogens with one attached hydrogen (secondary N) is 1. The van der Waals surface area contributed by atoms with Crippen molar-refractivity contribution in [2.24, 2.45) is 0 Å². The molecule has 23 heavy (non-hydrogen) atoms. The number of sulfonamides is 1. The molecule has 0 radical (unpaired) electrons. The van der Waals surface area contributed by atoms with Gasteiger partial charge in [-0.15, -0.1) is 0 Å². The van der Waals surface area contributed by atoms with E-state index in [1.807, 2.05) is 6.92 Å². The molecule has 2 unspecified atom stereocenters. The first-order chi connectivity index (χ1) is 10.9. The van der Waals surface area contributed by atoms with Crippen LogP contribution >= 0.6 is 0 Å². The van der Waals surface area contributed by atoms with Crippen LogP contribution in [0.25, 0.3) is 0 Å². The molecule has 0 bridgehead atoms. The molecule has 7 heteroatoms. The molecular weight excluding hydrogens is 316 g/mol. The topological polar surface area (TPSA) is 75.7 Å². The Morgan fingerprint density at radius 1 is 1.35 bits per heavy atom. The molecule has 0 aliphatic carbocycles. The third-order valence-corrected chi connectivity index (χ3v) is 6.48. The minimum atomic E-state index is -3.56. The van der Waals surface area contributed by atoms with E-state index in [1.54, 1.807) is 23.4 Å². The average Bonchev–Trinajstić information content (AvgIpc) is 2.55. The van der Waals surface area contributed by atoms with E-state index in [-0.39, 0.29) is 16.8 Å². The summed E-state index contributed by atoms with van der Waals surface area (Å²) >= 11 is 0. The normalized spacial score (nSPS) is 25.4. The van der Waals surface area contributed by atoms with Crippen LogP contribution in [0.5, 0.6) is 5.75 Å². The maximum Gasteiger partial charge on any atom is 0.265 e. The number of carbonyl (C=O) groups is 1. The molecule has 2 atom stereocenters. The number of rotatable bonds is 3. The van der Waals surface area contributed by atoms with E-state index in [1.165, 1.54) is 6.07 Å². The number of anilines is 1. The van der Waals surface area contributed by atoms with Crippen LogP contribution in [0, 0.1) is 0 Å². The van der Waals surface area contributed by atoms with E-state index in [4.69, 9.17) is 4.74 Å². The average molecular weight is 338 g/mol. The van der Waals surface area contributed by atoms with Crippen LogP contribution in [-0.4, -0.2) is 37.3 Å². The van der Waals surface area contributed by atoms with Crippen molar-refractivity contribution in [2.45, 2.75) is 56.6 Å². The van der Waals surface area contributed by atoms with Crippen molar-refractivity contribution in [1.29, 1.82) is 0 Å². The van der Waals surface area contributed by atoms with Gasteiger partial charge in [-0.3, -0.25) is 4.79 Å². The van der Waals surface area contributed by atoms with E-state index in [0.29, 0.717) is 18.0 Å². The lowest BCUT2D eigenvalue weighted by Gasteiger charge is -2.34. The summed E-state index contributed by atoms with van der Waals surface area (Å²) in [5, 5.41) is 2.70. The maximum absolute atomic E-state index is 13.0. The molecule has 0 aromatic heterocycles. The molecule has 1 amide bonds. The second kappa shape index (κ2) is 6.13. The van der Waals surface area contributed by atoms with Crippen LogP contribution in [0.4, 0.5) is 5.69 Å². The third kappa shape index (κ3) is 2.95. The highest BCUT2D eigenvalue weighted by atomic mass is 32.2. The largest absolute Gasteiger partial charge is 0.479 e. The molecule has 1 aromatic carbocycles. The van der Waals surface area contributed by atoms with Gasteiger partial charge in [0.1, 0.15) is 5.75 Å². The lowest BCUT2D eigenvalue weighted by molar-refractivity contribution is -0.122. The van der Waals surface area contributed by atoms with Crippen LogP contribution in [0.3, 0.4) is 0 Å². The first kappa shape index (κ1) is 16.3. The number of hydrogen-bond donors (Lipinski definition) is 1. The van der Waals surface area contributed by atoms with E-state index in [0.717, 1.165) is 25.7 Å². The highest BCUT2D eigenvalue weighted by Crippen LogP contribution is 2.34. The van der Waals surface area contributed by atoms with E-state index in [2.05, 4.69) is 5.32 Å². The van der Waals surface area contributed by atoms with E-state index in [9.17, 15) is 13.2 Å². The van der Waals surface area contributed by atoms with Gasteiger partial charge in [0.2, 0.25) is 10.0 Å². The minimum absolute atomic E-state index is 0.0515. The molecule has 0 saturated carbocycles. The van der Waals surface area contributed by atoms with Crippen molar-refractivity contribution < 1.29 is 17.9 Å². The number of carbonyl (C=O) groups excluding carboxylic acids is 1. The molecule has 2 aliphatic rings. The first-order valence-electron chi connectivity index (χ1n) is 8.07. The lowest BCUT2D eigenvalue weighted by Crippen LogP contribution is -2.43. The summed E-state index contributed by atoms with van der Waals surface area (Å²) in [6.45, 7) is 4.22. The molecule has 126 valence electrons. The fraction of sp³-hybridized carbons (Fsp3) is 0.562. The van der Waals surface area contributed by atoms with Gasteiger partial charge >= 0.3 is 0 Å². The van der Waals surface area contributed by atoms with Gasteiger partial charge < -0.3 is 10.1 Å². The summed E-state index contributed by atoms with van der Waals surface area (Å²) in [5.74, 6) is 0.234. The number of hydrogen-bond acceptors (Lipinski definition) is 4. The summed E-state index contributed by atoms with van der Waals surface area (Å²) in [5.41, 5.74) is 0.416. The van der Waals surface area contributed by atoms with Crippen molar-refractivity contribution in [3.8, 4) is 5.75 Å². The van der Waals surface area contributed by atoms with Gasteiger partial charge in [-0.1, -0.05) is 13.3 Å². The predicted molar refractivity (Wildman–Crippen MR) is 87.0 cm³/mol. The number of amides is 1.